The van der Waals surface area contributed by atoms with Crippen LogP contribution >= 0.6 is 11.3 Å². The SMILES string of the molecule is CN(C)CC1CCC(COc2ncccc2C(=O)c2cccs2)CC1.O=C(O)/C=C/C(=O)O. The maximum Gasteiger partial charge on any atom is 0.328 e. The second kappa shape index (κ2) is 13.5. The van der Waals surface area contributed by atoms with Gasteiger partial charge in [0.15, 0.2) is 0 Å². The molecule has 0 amide bonds. The maximum atomic E-state index is 12.6. The molecule has 1 aliphatic carbocycles. The zero-order valence-electron chi connectivity index (χ0n) is 18.8. The summed E-state index contributed by atoms with van der Waals surface area (Å²) in [4.78, 5) is 39.0. The summed E-state index contributed by atoms with van der Waals surface area (Å²) in [5.41, 5.74) is 0.561. The van der Waals surface area contributed by atoms with Crippen molar-refractivity contribution in [3.05, 3.63) is 58.4 Å². The third kappa shape index (κ3) is 9.55. The molecule has 2 heterocycles. The van der Waals surface area contributed by atoms with Gasteiger partial charge in [0, 0.05) is 24.9 Å². The Morgan fingerprint density at radius 2 is 1.70 bits per heavy atom. The van der Waals surface area contributed by atoms with Crippen LogP contribution in [0.5, 0.6) is 5.88 Å². The zero-order chi connectivity index (χ0) is 24.2. The van der Waals surface area contributed by atoms with Crippen molar-refractivity contribution in [1.29, 1.82) is 0 Å². The van der Waals surface area contributed by atoms with Gasteiger partial charge in [0.1, 0.15) is 0 Å². The number of carboxylic acids is 2. The van der Waals surface area contributed by atoms with Gasteiger partial charge in [-0.05, 0) is 75.2 Å². The lowest BCUT2D eigenvalue weighted by atomic mass is 9.82. The molecule has 2 aromatic heterocycles. The number of carbonyl (C=O) groups excluding carboxylic acids is 1. The Labute approximate surface area is 197 Å². The van der Waals surface area contributed by atoms with E-state index in [4.69, 9.17) is 14.9 Å². The number of pyridine rings is 1. The molecule has 8 nitrogen and oxygen atoms in total. The van der Waals surface area contributed by atoms with Crippen LogP contribution in [0, 0.1) is 11.8 Å². The van der Waals surface area contributed by atoms with Gasteiger partial charge in [-0.1, -0.05) is 6.07 Å². The summed E-state index contributed by atoms with van der Waals surface area (Å²) >= 11 is 1.45. The van der Waals surface area contributed by atoms with E-state index >= 15 is 0 Å². The first-order valence-electron chi connectivity index (χ1n) is 10.7. The summed E-state index contributed by atoms with van der Waals surface area (Å²) in [6, 6.07) is 7.33. The third-order valence-electron chi connectivity index (χ3n) is 5.17. The Bertz CT molecular complexity index is 918. The number of carboxylic acid groups (broad SMARTS) is 2. The Hall–Kier alpha value is -3.04. The van der Waals surface area contributed by atoms with Crippen molar-refractivity contribution in [3.8, 4) is 5.88 Å². The third-order valence-corrected chi connectivity index (χ3v) is 6.04. The van der Waals surface area contributed by atoms with Crippen LogP contribution in [0.2, 0.25) is 0 Å². The van der Waals surface area contributed by atoms with E-state index in [0.29, 0.717) is 36.1 Å². The van der Waals surface area contributed by atoms with Crippen molar-refractivity contribution in [2.75, 3.05) is 27.2 Å². The van der Waals surface area contributed by atoms with E-state index in [2.05, 4.69) is 24.0 Å². The van der Waals surface area contributed by atoms with Gasteiger partial charge in [-0.15, -0.1) is 11.3 Å². The van der Waals surface area contributed by atoms with E-state index in [1.807, 2.05) is 17.5 Å². The summed E-state index contributed by atoms with van der Waals surface area (Å²) < 4.78 is 5.97. The topological polar surface area (TPSA) is 117 Å². The minimum absolute atomic E-state index is 0.00667. The van der Waals surface area contributed by atoms with Gasteiger partial charge in [-0.25, -0.2) is 14.6 Å². The molecule has 2 aromatic rings. The molecule has 2 N–H and O–H groups in total. The summed E-state index contributed by atoms with van der Waals surface area (Å²) in [5, 5.41) is 17.5. The van der Waals surface area contributed by atoms with Crippen LogP contribution in [0.4, 0.5) is 0 Å². The van der Waals surface area contributed by atoms with Crippen LogP contribution in [0.25, 0.3) is 0 Å². The summed E-state index contributed by atoms with van der Waals surface area (Å²) in [5.74, 6) is -0.689. The molecule has 0 radical (unpaired) electrons. The second-order valence-corrected chi connectivity index (χ2v) is 9.08. The average Bonchev–Trinajstić information content (AvgIpc) is 3.32. The standard InChI is InChI=1S/C20H26N2O2S.C4H4O4/c1-22(2)13-15-7-9-16(10-8-15)14-24-20-17(5-3-11-21-20)19(23)18-6-4-12-25-18;5-3(6)1-2-4(7)8/h3-6,11-12,15-16H,7-10,13-14H2,1-2H3;1-2H,(H,5,6)(H,7,8)/b;2-1+. The van der Waals surface area contributed by atoms with Gasteiger partial charge in [-0.3, -0.25) is 4.79 Å². The normalized spacial score (nSPS) is 17.9. The fraction of sp³-hybridized carbons (Fsp3) is 0.417. The van der Waals surface area contributed by atoms with Gasteiger partial charge in [-0.2, -0.15) is 0 Å². The lowest BCUT2D eigenvalue weighted by molar-refractivity contribution is -0.134. The highest BCUT2D eigenvalue weighted by Gasteiger charge is 2.23. The van der Waals surface area contributed by atoms with Gasteiger partial charge < -0.3 is 19.8 Å². The number of thiophene rings is 1. The summed E-state index contributed by atoms with van der Waals surface area (Å²) in [6.45, 7) is 1.82. The molecule has 0 aromatic carbocycles. The predicted molar refractivity (Wildman–Crippen MR) is 126 cm³/mol. The number of rotatable bonds is 9. The van der Waals surface area contributed by atoms with Crippen molar-refractivity contribution in [1.82, 2.24) is 9.88 Å². The van der Waals surface area contributed by atoms with Crippen molar-refractivity contribution >= 4 is 29.1 Å². The van der Waals surface area contributed by atoms with Crippen LogP contribution in [0.1, 0.15) is 40.9 Å². The van der Waals surface area contributed by atoms with Crippen LogP contribution in [-0.2, 0) is 9.59 Å². The number of ether oxygens (including phenoxy) is 1. The van der Waals surface area contributed by atoms with Crippen LogP contribution < -0.4 is 4.74 Å². The van der Waals surface area contributed by atoms with E-state index in [0.717, 1.165) is 10.8 Å². The smallest absolute Gasteiger partial charge is 0.328 e. The highest BCUT2D eigenvalue weighted by Crippen LogP contribution is 2.30. The molecule has 0 atom stereocenters. The monoisotopic (exact) mass is 474 g/mol. The number of nitrogens with zero attached hydrogens (tertiary/aromatic N) is 2. The lowest BCUT2D eigenvalue weighted by Crippen LogP contribution is -2.27. The van der Waals surface area contributed by atoms with Gasteiger partial charge in [0.05, 0.1) is 17.0 Å². The number of hydrogen-bond acceptors (Lipinski definition) is 7. The highest BCUT2D eigenvalue weighted by atomic mass is 32.1. The Kier molecular flexibility index (Phi) is 10.7. The Morgan fingerprint density at radius 1 is 1.06 bits per heavy atom. The minimum Gasteiger partial charge on any atom is -0.478 e. The van der Waals surface area contributed by atoms with E-state index in [1.54, 1.807) is 18.3 Å². The molecule has 0 bridgehead atoms. The first-order chi connectivity index (χ1) is 15.8. The quantitative estimate of drug-likeness (QED) is 0.416. The average molecular weight is 475 g/mol. The molecule has 1 aliphatic rings. The molecule has 0 saturated heterocycles. The van der Waals surface area contributed by atoms with E-state index < -0.39 is 11.9 Å². The van der Waals surface area contributed by atoms with Crippen molar-refractivity contribution in [2.24, 2.45) is 11.8 Å². The number of ketones is 1. The summed E-state index contributed by atoms with van der Waals surface area (Å²) in [7, 11) is 4.28. The Morgan fingerprint density at radius 3 is 2.24 bits per heavy atom. The second-order valence-electron chi connectivity index (χ2n) is 8.13. The highest BCUT2D eigenvalue weighted by molar-refractivity contribution is 7.12. The molecule has 3 rings (SSSR count). The number of carbonyl (C=O) groups is 3. The van der Waals surface area contributed by atoms with Gasteiger partial charge in [0.2, 0.25) is 11.7 Å². The van der Waals surface area contributed by atoms with E-state index in [1.165, 1.54) is 43.6 Å². The molecule has 1 fully saturated rings. The molecular weight excluding hydrogens is 444 g/mol. The molecule has 9 heteroatoms. The van der Waals surface area contributed by atoms with Crippen LogP contribution in [0.15, 0.2) is 48.0 Å². The van der Waals surface area contributed by atoms with Gasteiger partial charge >= 0.3 is 11.9 Å². The number of aliphatic carboxylic acids is 2. The fourth-order valence-corrected chi connectivity index (χ4v) is 4.33. The lowest BCUT2D eigenvalue weighted by Gasteiger charge is -2.30. The molecule has 0 aliphatic heterocycles. The largest absolute Gasteiger partial charge is 0.478 e. The molecule has 33 heavy (non-hydrogen) atoms. The first-order valence-corrected chi connectivity index (χ1v) is 11.6. The predicted octanol–water partition coefficient (Wildman–Crippen LogP) is 3.83. The van der Waals surface area contributed by atoms with Crippen molar-refractivity contribution < 1.29 is 29.3 Å². The fourth-order valence-electron chi connectivity index (χ4n) is 3.66. The molecular formula is C24H30N2O6S. The van der Waals surface area contributed by atoms with Crippen molar-refractivity contribution in [3.63, 3.8) is 0 Å². The molecule has 0 unspecified atom stereocenters. The van der Waals surface area contributed by atoms with E-state index in [9.17, 15) is 14.4 Å². The van der Waals surface area contributed by atoms with Crippen molar-refractivity contribution in [2.45, 2.75) is 25.7 Å². The molecule has 0 spiro atoms. The number of hydrogen-bond donors (Lipinski definition) is 2. The first kappa shape index (κ1) is 26.2. The Balaban J connectivity index is 0.000000414. The molecule has 178 valence electrons. The summed E-state index contributed by atoms with van der Waals surface area (Å²) in [6.07, 6.45) is 7.71. The number of aromatic nitrogens is 1. The maximum absolute atomic E-state index is 12.6. The van der Waals surface area contributed by atoms with Crippen LogP contribution in [-0.4, -0.2) is 65.1 Å². The minimum atomic E-state index is -1.26. The molecule has 1 saturated carbocycles. The van der Waals surface area contributed by atoms with Crippen LogP contribution in [0.3, 0.4) is 0 Å². The van der Waals surface area contributed by atoms with E-state index in [-0.39, 0.29) is 5.78 Å². The van der Waals surface area contributed by atoms with Gasteiger partial charge in [0.25, 0.3) is 0 Å². The zero-order valence-corrected chi connectivity index (χ0v) is 19.7.